The number of methoxy groups -OCH3 is 3. The molecule has 6 nitrogen and oxygen atoms in total. The number of hydrogen-bond acceptors (Lipinski definition) is 4. The fraction of sp³-hybridized carbons (Fsp3) is 0.438. The average molecular weight is 307 g/mol. The van der Waals surface area contributed by atoms with E-state index in [0.717, 1.165) is 17.9 Å². The number of nitrogens with zero attached hydrogens (tertiary/aromatic N) is 1. The normalized spacial score (nSPS) is 10.8. The summed E-state index contributed by atoms with van der Waals surface area (Å²) in [5.74, 6) is 2.69. The van der Waals surface area contributed by atoms with E-state index in [9.17, 15) is 0 Å². The highest BCUT2D eigenvalue weighted by Gasteiger charge is 2.15. The van der Waals surface area contributed by atoms with Crippen LogP contribution in [0, 0.1) is 0 Å². The molecule has 0 radical (unpaired) electrons. The second kappa shape index (κ2) is 9.55. The molecule has 0 bridgehead atoms. The molecule has 0 aliphatic heterocycles. The van der Waals surface area contributed by atoms with Crippen molar-refractivity contribution >= 4 is 5.96 Å². The van der Waals surface area contributed by atoms with Crippen LogP contribution < -0.4 is 24.8 Å². The summed E-state index contributed by atoms with van der Waals surface area (Å²) < 4.78 is 16.1. The second-order valence-corrected chi connectivity index (χ2v) is 4.41. The quantitative estimate of drug-likeness (QED) is 0.434. The molecule has 1 aromatic rings. The molecule has 0 aliphatic rings. The molecule has 0 spiro atoms. The fourth-order valence-corrected chi connectivity index (χ4v) is 2.07. The molecular weight excluding hydrogens is 282 g/mol. The molecule has 0 heterocycles. The molecule has 0 aromatic heterocycles. The number of aliphatic imine (C=N–C) groups is 1. The van der Waals surface area contributed by atoms with Crippen LogP contribution in [-0.2, 0) is 6.42 Å². The summed E-state index contributed by atoms with van der Waals surface area (Å²) in [6.07, 6.45) is 2.54. The fourth-order valence-electron chi connectivity index (χ4n) is 2.07. The van der Waals surface area contributed by atoms with Gasteiger partial charge in [-0.15, -0.1) is 6.58 Å². The van der Waals surface area contributed by atoms with Crippen LogP contribution in [-0.4, -0.2) is 47.4 Å². The lowest BCUT2D eigenvalue weighted by Crippen LogP contribution is -2.38. The number of benzene rings is 1. The van der Waals surface area contributed by atoms with Gasteiger partial charge in [-0.25, -0.2) is 0 Å². The summed E-state index contributed by atoms with van der Waals surface area (Å²) in [5.41, 5.74) is 1.03. The van der Waals surface area contributed by atoms with E-state index in [1.807, 2.05) is 12.1 Å². The highest BCUT2D eigenvalue weighted by molar-refractivity contribution is 5.79. The first-order chi connectivity index (χ1) is 10.7. The van der Waals surface area contributed by atoms with Gasteiger partial charge in [0.15, 0.2) is 17.5 Å². The minimum atomic E-state index is 0.608. The number of hydrogen-bond donors (Lipinski definition) is 2. The van der Waals surface area contributed by atoms with Crippen molar-refractivity contribution in [3.8, 4) is 17.2 Å². The van der Waals surface area contributed by atoms with Gasteiger partial charge in [0, 0.05) is 25.7 Å². The molecule has 1 aromatic carbocycles. The van der Waals surface area contributed by atoms with E-state index >= 15 is 0 Å². The second-order valence-electron chi connectivity index (χ2n) is 4.41. The lowest BCUT2D eigenvalue weighted by molar-refractivity contribution is 0.322. The Hall–Kier alpha value is -2.37. The minimum absolute atomic E-state index is 0.608. The van der Waals surface area contributed by atoms with Gasteiger partial charge in [0.05, 0.1) is 21.3 Å². The van der Waals surface area contributed by atoms with E-state index in [0.29, 0.717) is 30.3 Å². The molecule has 0 unspecified atom stereocenters. The van der Waals surface area contributed by atoms with Gasteiger partial charge >= 0.3 is 0 Å². The van der Waals surface area contributed by atoms with Crippen molar-refractivity contribution in [3.05, 3.63) is 30.4 Å². The van der Waals surface area contributed by atoms with Crippen molar-refractivity contribution in [2.24, 2.45) is 4.99 Å². The average Bonchev–Trinajstić information content (AvgIpc) is 2.56. The van der Waals surface area contributed by atoms with Crippen LogP contribution in [0.2, 0.25) is 0 Å². The van der Waals surface area contributed by atoms with Gasteiger partial charge in [0.1, 0.15) is 0 Å². The Balaban J connectivity index is 2.75. The van der Waals surface area contributed by atoms with E-state index in [-0.39, 0.29) is 0 Å². The van der Waals surface area contributed by atoms with Crippen LogP contribution in [0.5, 0.6) is 17.2 Å². The molecule has 22 heavy (non-hydrogen) atoms. The van der Waals surface area contributed by atoms with Crippen molar-refractivity contribution in [1.29, 1.82) is 0 Å². The highest BCUT2D eigenvalue weighted by atomic mass is 16.5. The van der Waals surface area contributed by atoms with E-state index in [1.165, 1.54) is 0 Å². The van der Waals surface area contributed by atoms with E-state index in [4.69, 9.17) is 14.2 Å². The first-order valence-electron chi connectivity index (χ1n) is 7.05. The molecule has 0 aliphatic carbocycles. The maximum atomic E-state index is 5.47. The van der Waals surface area contributed by atoms with Crippen molar-refractivity contribution in [2.45, 2.75) is 6.42 Å². The smallest absolute Gasteiger partial charge is 0.203 e. The Labute approximate surface area is 132 Å². The van der Waals surface area contributed by atoms with Crippen LogP contribution in [0.4, 0.5) is 0 Å². The SMILES string of the molecule is C=CCNC(=NC)NCCc1ccc(OC)c(OC)c1OC. The van der Waals surface area contributed by atoms with Gasteiger partial charge in [-0.1, -0.05) is 12.1 Å². The summed E-state index contributed by atoms with van der Waals surface area (Å²) >= 11 is 0. The van der Waals surface area contributed by atoms with Gasteiger partial charge in [0.25, 0.3) is 0 Å². The molecule has 0 fully saturated rings. The van der Waals surface area contributed by atoms with Crippen molar-refractivity contribution < 1.29 is 14.2 Å². The Kier molecular flexibility index (Phi) is 7.67. The van der Waals surface area contributed by atoms with Crippen LogP contribution in [0.3, 0.4) is 0 Å². The zero-order chi connectivity index (χ0) is 16.4. The molecule has 0 saturated carbocycles. The zero-order valence-corrected chi connectivity index (χ0v) is 13.7. The van der Waals surface area contributed by atoms with Crippen LogP contribution >= 0.6 is 0 Å². The van der Waals surface area contributed by atoms with Gasteiger partial charge in [-0.3, -0.25) is 4.99 Å². The summed E-state index contributed by atoms with van der Waals surface area (Å²) in [6.45, 7) is 5.04. The summed E-state index contributed by atoms with van der Waals surface area (Å²) in [7, 11) is 6.56. The molecule has 0 amide bonds. The lowest BCUT2D eigenvalue weighted by atomic mass is 10.1. The Bertz CT molecular complexity index is 516. The zero-order valence-electron chi connectivity index (χ0n) is 13.7. The van der Waals surface area contributed by atoms with Crippen molar-refractivity contribution in [2.75, 3.05) is 41.5 Å². The first-order valence-corrected chi connectivity index (χ1v) is 7.05. The van der Waals surface area contributed by atoms with Gasteiger partial charge < -0.3 is 24.8 Å². The highest BCUT2D eigenvalue weighted by Crippen LogP contribution is 2.39. The largest absolute Gasteiger partial charge is 0.493 e. The number of ether oxygens (including phenoxy) is 3. The molecule has 6 heteroatoms. The summed E-state index contributed by atoms with van der Waals surface area (Å²) in [4.78, 5) is 4.13. The third-order valence-corrected chi connectivity index (χ3v) is 3.11. The maximum Gasteiger partial charge on any atom is 0.203 e. The van der Waals surface area contributed by atoms with Crippen molar-refractivity contribution in [3.63, 3.8) is 0 Å². The topological polar surface area (TPSA) is 64.1 Å². The standard InChI is InChI=1S/C16H25N3O3/c1-6-10-18-16(17-2)19-11-9-12-7-8-13(20-3)15(22-5)14(12)21-4/h6-8H,1,9-11H2,2-5H3,(H2,17,18,19). The third-order valence-electron chi connectivity index (χ3n) is 3.11. The van der Waals surface area contributed by atoms with Crippen molar-refractivity contribution in [1.82, 2.24) is 10.6 Å². The molecule has 122 valence electrons. The summed E-state index contributed by atoms with van der Waals surface area (Å²) in [5, 5.41) is 6.35. The van der Waals surface area contributed by atoms with Gasteiger partial charge in [-0.05, 0) is 12.5 Å². The number of guanidine groups is 1. The molecule has 0 atom stereocenters. The molecule has 2 N–H and O–H groups in total. The third kappa shape index (κ3) is 4.58. The number of rotatable bonds is 8. The first kappa shape index (κ1) is 17.7. The lowest BCUT2D eigenvalue weighted by Gasteiger charge is -2.16. The molecular formula is C16H25N3O3. The molecule has 1 rings (SSSR count). The van der Waals surface area contributed by atoms with E-state index in [1.54, 1.807) is 34.5 Å². The summed E-state index contributed by atoms with van der Waals surface area (Å²) in [6, 6.07) is 3.85. The predicted octanol–water partition coefficient (Wildman–Crippen LogP) is 1.61. The minimum Gasteiger partial charge on any atom is -0.493 e. The number of nitrogens with one attached hydrogen (secondary N) is 2. The van der Waals surface area contributed by atoms with Gasteiger partial charge in [0.2, 0.25) is 5.75 Å². The van der Waals surface area contributed by atoms with E-state index in [2.05, 4.69) is 22.2 Å². The van der Waals surface area contributed by atoms with Crippen LogP contribution in [0.25, 0.3) is 0 Å². The Morgan fingerprint density at radius 3 is 2.41 bits per heavy atom. The predicted molar refractivity (Wildman–Crippen MR) is 89.4 cm³/mol. The maximum absolute atomic E-state index is 5.47. The van der Waals surface area contributed by atoms with Crippen LogP contribution in [0.15, 0.2) is 29.8 Å². The van der Waals surface area contributed by atoms with Crippen LogP contribution in [0.1, 0.15) is 5.56 Å². The van der Waals surface area contributed by atoms with E-state index < -0.39 is 0 Å². The van der Waals surface area contributed by atoms with Gasteiger partial charge in [-0.2, -0.15) is 0 Å². The Morgan fingerprint density at radius 1 is 1.14 bits per heavy atom. The monoisotopic (exact) mass is 307 g/mol. The Morgan fingerprint density at radius 2 is 1.86 bits per heavy atom. The molecule has 0 saturated heterocycles.